The minimum atomic E-state index is -6.45. The van der Waals surface area contributed by atoms with Crippen molar-refractivity contribution in [1.29, 1.82) is 21.0 Å². The quantitative estimate of drug-likeness (QED) is 0.559. The SMILES string of the molecule is N#CO[P-](Cl)(Cl)(OC#N)(OC#N)OC#N. The van der Waals surface area contributed by atoms with E-state index in [9.17, 15) is 0 Å². The van der Waals surface area contributed by atoms with Crippen molar-refractivity contribution in [1.82, 2.24) is 0 Å². The fraction of sp³-hybridized carbons (Fsp3) is 0. The van der Waals surface area contributed by atoms with E-state index < -0.39 is 5.56 Å². The van der Waals surface area contributed by atoms with E-state index in [2.05, 4.69) is 18.1 Å². The molecule has 0 rings (SSSR count). The standard InChI is InChI=1S/C4Cl2N4O4P/c5-15(6,11-1-7,12-2-8,13-3-9)14-4-10/q-1. The maximum absolute atomic E-state index is 8.24. The summed E-state index contributed by atoms with van der Waals surface area (Å²) in [6.45, 7) is 0. The third-order valence-electron chi connectivity index (χ3n) is 0.887. The Morgan fingerprint density at radius 1 is 0.667 bits per heavy atom. The fourth-order valence-corrected chi connectivity index (χ4v) is 2.05. The number of nitriles is 4. The molecule has 0 aromatic rings. The number of nitrogens with zero attached hydrogens (tertiary/aromatic N) is 4. The molecular weight excluding hydrogens is 270 g/mol. The zero-order valence-electron chi connectivity index (χ0n) is 6.62. The van der Waals surface area contributed by atoms with Gasteiger partial charge in [-0.15, -0.1) is 0 Å². The third kappa shape index (κ3) is 2.56. The van der Waals surface area contributed by atoms with Crippen LogP contribution in [-0.4, -0.2) is 0 Å². The van der Waals surface area contributed by atoms with Crippen molar-refractivity contribution in [3.8, 4) is 25.0 Å². The summed E-state index contributed by atoms with van der Waals surface area (Å²) >= 11 is 10.8. The van der Waals surface area contributed by atoms with E-state index >= 15 is 0 Å². The van der Waals surface area contributed by atoms with Crippen LogP contribution in [0.5, 0.6) is 0 Å². The van der Waals surface area contributed by atoms with Crippen LogP contribution in [0.4, 0.5) is 0 Å². The average Bonchev–Trinajstić information content (AvgIpc) is 2.04. The van der Waals surface area contributed by atoms with Gasteiger partial charge in [0, 0.05) is 0 Å². The monoisotopic (exact) mass is 269 g/mol. The van der Waals surface area contributed by atoms with Crippen LogP contribution in [-0.2, 0) is 18.1 Å². The van der Waals surface area contributed by atoms with E-state index in [-0.39, 0.29) is 0 Å². The predicted molar refractivity (Wildman–Crippen MR) is 45.4 cm³/mol. The Morgan fingerprint density at radius 3 is 1.00 bits per heavy atom. The molecule has 0 aliphatic carbocycles. The summed E-state index contributed by atoms with van der Waals surface area (Å²) in [7, 11) is 0. The van der Waals surface area contributed by atoms with Gasteiger partial charge in [-0.2, -0.15) is 0 Å². The normalized spacial score (nSPS) is 13.5. The third-order valence-corrected chi connectivity index (χ3v) is 4.32. The van der Waals surface area contributed by atoms with Crippen molar-refractivity contribution < 1.29 is 18.1 Å². The molecule has 0 aromatic heterocycles. The van der Waals surface area contributed by atoms with Gasteiger partial charge in [0.05, 0.1) is 0 Å². The van der Waals surface area contributed by atoms with E-state index in [4.69, 9.17) is 43.5 Å². The van der Waals surface area contributed by atoms with Crippen LogP contribution in [0, 0.1) is 46.1 Å². The van der Waals surface area contributed by atoms with Gasteiger partial charge < -0.3 is 0 Å². The van der Waals surface area contributed by atoms with Crippen LogP contribution in [0.15, 0.2) is 0 Å². The van der Waals surface area contributed by atoms with Crippen LogP contribution in [0.1, 0.15) is 0 Å². The molecule has 0 fully saturated rings. The predicted octanol–water partition coefficient (Wildman–Crippen LogP) is 2.03. The Kier molecular flexibility index (Phi) is 2.97. The van der Waals surface area contributed by atoms with E-state index in [0.717, 1.165) is 25.0 Å². The summed E-state index contributed by atoms with van der Waals surface area (Å²) in [4.78, 5) is 0. The second-order valence-electron chi connectivity index (χ2n) is 1.79. The Bertz CT molecular complexity index is 366. The molecular formula is C4Cl2N4O4P-. The molecule has 0 N–H and O–H groups in total. The van der Waals surface area contributed by atoms with Crippen molar-refractivity contribution >= 4 is 28.0 Å². The van der Waals surface area contributed by atoms with Crippen molar-refractivity contribution in [2.24, 2.45) is 0 Å². The Morgan fingerprint density at radius 2 is 0.867 bits per heavy atom. The number of hydrogen-bond donors (Lipinski definition) is 0. The summed E-state index contributed by atoms with van der Waals surface area (Å²) in [6, 6.07) is 0. The van der Waals surface area contributed by atoms with Gasteiger partial charge in [0.15, 0.2) is 0 Å². The Labute approximate surface area is 92.7 Å². The zero-order valence-corrected chi connectivity index (χ0v) is 9.03. The van der Waals surface area contributed by atoms with Gasteiger partial charge >= 0.3 is 92.2 Å². The average molecular weight is 270 g/mol. The second-order valence-corrected chi connectivity index (χ2v) is 9.50. The van der Waals surface area contributed by atoms with Crippen LogP contribution >= 0.6 is 28.0 Å². The molecule has 0 unspecified atom stereocenters. The van der Waals surface area contributed by atoms with Crippen molar-refractivity contribution in [2.45, 2.75) is 0 Å². The van der Waals surface area contributed by atoms with Crippen LogP contribution in [0.25, 0.3) is 0 Å². The molecule has 0 radical (unpaired) electrons. The Hall–Kier alpha value is -1.83. The first-order valence-corrected chi connectivity index (χ1v) is 6.94. The maximum atomic E-state index is 8.24. The molecule has 11 heteroatoms. The van der Waals surface area contributed by atoms with Gasteiger partial charge in [0.25, 0.3) is 0 Å². The van der Waals surface area contributed by atoms with Gasteiger partial charge in [-0.25, -0.2) is 0 Å². The first-order valence-electron chi connectivity index (χ1n) is 2.78. The molecule has 0 aliphatic heterocycles. The summed E-state index contributed by atoms with van der Waals surface area (Å²) in [5.74, 6) is 0. The van der Waals surface area contributed by atoms with Crippen LogP contribution < -0.4 is 0 Å². The van der Waals surface area contributed by atoms with Gasteiger partial charge in [0.1, 0.15) is 0 Å². The summed E-state index contributed by atoms with van der Waals surface area (Å²) in [5, 5.41) is 32.9. The summed E-state index contributed by atoms with van der Waals surface area (Å²) < 4.78 is 15.9. The minimum absolute atomic E-state index is 0.913. The molecule has 80 valence electrons. The second kappa shape index (κ2) is 3.39. The molecule has 0 aromatic carbocycles. The molecule has 0 bridgehead atoms. The van der Waals surface area contributed by atoms with Crippen molar-refractivity contribution in [3.63, 3.8) is 0 Å². The number of halogens is 2. The molecule has 0 heterocycles. The summed E-state index contributed by atoms with van der Waals surface area (Å²) in [5.41, 5.74) is -6.45. The molecule has 0 amide bonds. The van der Waals surface area contributed by atoms with Crippen molar-refractivity contribution in [2.75, 3.05) is 0 Å². The zero-order chi connectivity index (χ0) is 12.1. The van der Waals surface area contributed by atoms with Crippen LogP contribution in [0.3, 0.4) is 0 Å². The first-order chi connectivity index (χ1) is 6.80. The van der Waals surface area contributed by atoms with Gasteiger partial charge in [-0.05, 0) is 0 Å². The van der Waals surface area contributed by atoms with E-state index in [1.54, 1.807) is 0 Å². The van der Waals surface area contributed by atoms with E-state index in [1.165, 1.54) is 0 Å². The van der Waals surface area contributed by atoms with Gasteiger partial charge in [-0.1, -0.05) is 0 Å². The molecule has 0 saturated carbocycles. The topological polar surface area (TPSA) is 132 Å². The molecule has 8 nitrogen and oxygen atoms in total. The van der Waals surface area contributed by atoms with Crippen molar-refractivity contribution in [3.05, 3.63) is 0 Å². The molecule has 0 atom stereocenters. The first kappa shape index (κ1) is 13.2. The van der Waals surface area contributed by atoms with Gasteiger partial charge in [0.2, 0.25) is 0 Å². The Balaban J connectivity index is 5.73. The number of hydrogen-bond acceptors (Lipinski definition) is 8. The molecule has 0 saturated heterocycles. The molecule has 15 heavy (non-hydrogen) atoms. The summed E-state index contributed by atoms with van der Waals surface area (Å²) in [6.07, 6.45) is 3.65. The molecule has 0 spiro atoms. The molecule has 0 aliphatic rings. The number of rotatable bonds is 4. The van der Waals surface area contributed by atoms with E-state index in [0.29, 0.717) is 0 Å². The van der Waals surface area contributed by atoms with E-state index in [1.807, 2.05) is 0 Å². The van der Waals surface area contributed by atoms with Crippen LogP contribution in [0.2, 0.25) is 0 Å². The van der Waals surface area contributed by atoms with Gasteiger partial charge in [-0.3, -0.25) is 0 Å². The fourth-order valence-electron chi connectivity index (χ4n) is 0.435.